The predicted octanol–water partition coefficient (Wildman–Crippen LogP) is 2.52. The maximum absolute atomic E-state index is 12.3. The van der Waals surface area contributed by atoms with E-state index in [2.05, 4.69) is 0 Å². The van der Waals surface area contributed by atoms with Crippen molar-refractivity contribution in [2.24, 2.45) is 0 Å². The Morgan fingerprint density at radius 3 is 2.24 bits per heavy atom. The van der Waals surface area contributed by atoms with E-state index >= 15 is 0 Å². The van der Waals surface area contributed by atoms with Crippen molar-refractivity contribution < 1.29 is 19.4 Å². The fraction of sp³-hybridized carbons (Fsp3) is 0.0588. The summed E-state index contributed by atoms with van der Waals surface area (Å²) < 4.78 is 5.50. The van der Waals surface area contributed by atoms with E-state index in [1.807, 2.05) is 0 Å². The van der Waals surface area contributed by atoms with Crippen molar-refractivity contribution in [3.05, 3.63) is 77.1 Å². The van der Waals surface area contributed by atoms with Gasteiger partial charge in [-0.05, 0) is 17.7 Å². The lowest BCUT2D eigenvalue weighted by molar-refractivity contribution is 0.0947. The molecular formula is C17H12O4. The molecule has 0 amide bonds. The van der Waals surface area contributed by atoms with Crippen LogP contribution in [0.25, 0.3) is 0 Å². The summed E-state index contributed by atoms with van der Waals surface area (Å²) in [5.74, 6) is -0.0990. The van der Waals surface area contributed by atoms with Gasteiger partial charge >= 0.3 is 0 Å². The zero-order chi connectivity index (χ0) is 14.8. The highest BCUT2D eigenvalue weighted by atomic mass is 16.5. The average Bonchev–Trinajstić information content (AvgIpc) is 2.53. The van der Waals surface area contributed by atoms with Crippen LogP contribution in [0.4, 0.5) is 0 Å². The highest BCUT2D eigenvalue weighted by Crippen LogP contribution is 2.24. The summed E-state index contributed by atoms with van der Waals surface area (Å²) in [6.07, 6.45) is 1.21. The van der Waals surface area contributed by atoms with Crippen molar-refractivity contribution in [3.8, 4) is 5.75 Å². The van der Waals surface area contributed by atoms with Gasteiger partial charge < -0.3 is 9.84 Å². The zero-order valence-electron chi connectivity index (χ0n) is 11.1. The molecule has 1 aliphatic carbocycles. The number of allylic oxidation sites excluding steroid dienone is 2. The topological polar surface area (TPSA) is 63.6 Å². The molecule has 0 aliphatic heterocycles. The van der Waals surface area contributed by atoms with E-state index < -0.39 is 0 Å². The number of ether oxygens (including phenoxy) is 1. The molecule has 2 aromatic rings. The Balaban J connectivity index is 1.89. The average molecular weight is 280 g/mol. The first kappa shape index (κ1) is 13.3. The quantitative estimate of drug-likeness (QED) is 0.938. The minimum Gasteiger partial charge on any atom is -0.453 e. The summed E-state index contributed by atoms with van der Waals surface area (Å²) >= 11 is 0. The van der Waals surface area contributed by atoms with Crippen molar-refractivity contribution in [3.63, 3.8) is 0 Å². The van der Waals surface area contributed by atoms with Crippen molar-refractivity contribution >= 4 is 11.6 Å². The van der Waals surface area contributed by atoms with Crippen LogP contribution in [0.2, 0.25) is 0 Å². The largest absolute Gasteiger partial charge is 0.453 e. The SMILES string of the molecule is O=C1C=C(Oc2ccc(CO)cc2)C(=O)c2ccccc21. The monoisotopic (exact) mass is 280 g/mol. The molecular weight excluding hydrogens is 268 g/mol. The molecule has 104 valence electrons. The molecule has 0 fully saturated rings. The molecule has 3 rings (SSSR count). The fourth-order valence-corrected chi connectivity index (χ4v) is 2.16. The van der Waals surface area contributed by atoms with Gasteiger partial charge in [-0.1, -0.05) is 36.4 Å². The molecule has 1 aliphatic rings. The number of ketones is 2. The van der Waals surface area contributed by atoms with Gasteiger partial charge in [0.15, 0.2) is 11.5 Å². The first-order valence-electron chi connectivity index (χ1n) is 6.46. The van der Waals surface area contributed by atoms with Crippen molar-refractivity contribution in [2.45, 2.75) is 6.61 Å². The molecule has 0 aromatic heterocycles. The number of benzene rings is 2. The Hall–Kier alpha value is -2.72. The van der Waals surface area contributed by atoms with Crippen LogP contribution in [0, 0.1) is 0 Å². The molecule has 1 N–H and O–H groups in total. The van der Waals surface area contributed by atoms with Crippen LogP contribution in [0.5, 0.6) is 5.75 Å². The van der Waals surface area contributed by atoms with Gasteiger partial charge in [-0.25, -0.2) is 0 Å². The molecule has 0 saturated heterocycles. The number of aliphatic hydroxyl groups excluding tert-OH is 1. The number of rotatable bonds is 3. The van der Waals surface area contributed by atoms with E-state index in [1.165, 1.54) is 6.08 Å². The summed E-state index contributed by atoms with van der Waals surface area (Å²) in [5.41, 5.74) is 1.49. The lowest BCUT2D eigenvalue weighted by Crippen LogP contribution is -2.20. The molecule has 4 nitrogen and oxygen atoms in total. The molecule has 0 heterocycles. The van der Waals surface area contributed by atoms with Crippen LogP contribution in [0.3, 0.4) is 0 Å². The summed E-state index contributed by atoms with van der Waals surface area (Å²) in [4.78, 5) is 24.3. The van der Waals surface area contributed by atoms with E-state index in [-0.39, 0.29) is 23.9 Å². The molecule has 0 bridgehead atoms. The number of aliphatic hydroxyl groups is 1. The van der Waals surface area contributed by atoms with E-state index in [4.69, 9.17) is 9.84 Å². The fourth-order valence-electron chi connectivity index (χ4n) is 2.16. The van der Waals surface area contributed by atoms with Gasteiger partial charge in [-0.15, -0.1) is 0 Å². The van der Waals surface area contributed by atoms with E-state index in [1.54, 1.807) is 48.5 Å². The third kappa shape index (κ3) is 2.49. The van der Waals surface area contributed by atoms with Crippen LogP contribution in [-0.2, 0) is 6.61 Å². The molecule has 2 aromatic carbocycles. The third-order valence-corrected chi connectivity index (χ3v) is 3.26. The standard InChI is InChI=1S/C17H12O4/c18-10-11-5-7-12(8-6-11)21-16-9-15(19)13-3-1-2-4-14(13)17(16)20/h1-9,18H,10H2. The summed E-state index contributed by atoms with van der Waals surface area (Å²) in [6, 6.07) is 13.3. The second kappa shape index (κ2) is 5.34. The lowest BCUT2D eigenvalue weighted by atomic mass is 9.94. The number of fused-ring (bicyclic) bond motifs is 1. The van der Waals surface area contributed by atoms with Crippen LogP contribution in [0.1, 0.15) is 26.3 Å². The van der Waals surface area contributed by atoms with E-state index in [0.717, 1.165) is 5.56 Å². The van der Waals surface area contributed by atoms with E-state index in [9.17, 15) is 9.59 Å². The normalized spacial score (nSPS) is 13.7. The Morgan fingerprint density at radius 1 is 0.905 bits per heavy atom. The number of Topliss-reactive ketones (excluding diaryl/α,β-unsaturated/α-hetero) is 1. The van der Waals surface area contributed by atoms with Gasteiger partial charge in [0.2, 0.25) is 5.78 Å². The van der Waals surface area contributed by atoms with Gasteiger partial charge in [0.25, 0.3) is 0 Å². The van der Waals surface area contributed by atoms with E-state index in [0.29, 0.717) is 16.9 Å². The molecule has 0 saturated carbocycles. The second-order valence-electron chi connectivity index (χ2n) is 4.65. The smallest absolute Gasteiger partial charge is 0.229 e. The predicted molar refractivity (Wildman–Crippen MR) is 76.2 cm³/mol. The Morgan fingerprint density at radius 2 is 1.57 bits per heavy atom. The van der Waals surface area contributed by atoms with Crippen LogP contribution < -0.4 is 4.74 Å². The molecule has 0 atom stereocenters. The highest BCUT2D eigenvalue weighted by Gasteiger charge is 2.26. The maximum atomic E-state index is 12.3. The molecule has 0 radical (unpaired) electrons. The van der Waals surface area contributed by atoms with Crippen LogP contribution in [0.15, 0.2) is 60.4 Å². The number of carbonyl (C=O) groups is 2. The highest BCUT2D eigenvalue weighted by molar-refractivity contribution is 6.23. The zero-order valence-corrected chi connectivity index (χ0v) is 11.1. The minimum atomic E-state index is -0.309. The molecule has 0 unspecified atom stereocenters. The molecule has 21 heavy (non-hydrogen) atoms. The number of carbonyl (C=O) groups excluding carboxylic acids is 2. The van der Waals surface area contributed by atoms with Crippen molar-refractivity contribution in [1.29, 1.82) is 0 Å². The minimum absolute atomic E-state index is 0.00967. The maximum Gasteiger partial charge on any atom is 0.229 e. The first-order valence-corrected chi connectivity index (χ1v) is 6.46. The van der Waals surface area contributed by atoms with Gasteiger partial charge in [-0.3, -0.25) is 9.59 Å². The summed E-state index contributed by atoms with van der Waals surface area (Å²) in [6.45, 7) is -0.0617. The van der Waals surface area contributed by atoms with Crippen LogP contribution in [-0.4, -0.2) is 16.7 Å². The van der Waals surface area contributed by atoms with Crippen LogP contribution >= 0.6 is 0 Å². The number of hydrogen-bond acceptors (Lipinski definition) is 4. The molecule has 0 spiro atoms. The Bertz CT molecular complexity index is 742. The Kier molecular flexibility index (Phi) is 3.38. The third-order valence-electron chi connectivity index (χ3n) is 3.26. The Labute approximate surface area is 121 Å². The second-order valence-corrected chi connectivity index (χ2v) is 4.65. The molecule has 4 heteroatoms. The van der Waals surface area contributed by atoms with Gasteiger partial charge in [0.1, 0.15) is 5.75 Å². The van der Waals surface area contributed by atoms with Gasteiger partial charge in [0, 0.05) is 17.2 Å². The van der Waals surface area contributed by atoms with Gasteiger partial charge in [-0.2, -0.15) is 0 Å². The van der Waals surface area contributed by atoms with Gasteiger partial charge in [0.05, 0.1) is 6.61 Å². The van der Waals surface area contributed by atoms with Crippen molar-refractivity contribution in [1.82, 2.24) is 0 Å². The lowest BCUT2D eigenvalue weighted by Gasteiger charge is -2.15. The van der Waals surface area contributed by atoms with Crippen molar-refractivity contribution in [2.75, 3.05) is 0 Å². The summed E-state index contributed by atoms with van der Waals surface area (Å²) in [5, 5.41) is 8.98. The summed E-state index contributed by atoms with van der Waals surface area (Å²) in [7, 11) is 0. The number of hydrogen-bond donors (Lipinski definition) is 1. The first-order chi connectivity index (χ1) is 10.2.